The van der Waals surface area contributed by atoms with Crippen molar-refractivity contribution in [3.8, 4) is 0 Å². The van der Waals surface area contributed by atoms with Gasteiger partial charge in [0.15, 0.2) is 0 Å². The van der Waals surface area contributed by atoms with Gasteiger partial charge in [-0.1, -0.05) is 0 Å². The van der Waals surface area contributed by atoms with E-state index in [4.69, 9.17) is 4.74 Å². The number of anilines is 1. The van der Waals surface area contributed by atoms with Gasteiger partial charge in [-0.05, 0) is 46.2 Å². The first kappa shape index (κ1) is 14.6. The lowest BCUT2D eigenvalue weighted by Crippen LogP contribution is -2.40. The number of alkyl carbamates (subject to hydrolysis) is 1. The molecule has 2 heterocycles. The molecule has 5 nitrogen and oxygen atoms in total. The van der Waals surface area contributed by atoms with Gasteiger partial charge in [0.2, 0.25) is 0 Å². The smallest absolute Gasteiger partial charge is 0.407 e. The molecule has 1 aliphatic rings. The highest BCUT2D eigenvalue weighted by Gasteiger charge is 2.26. The van der Waals surface area contributed by atoms with Gasteiger partial charge in [0.25, 0.3) is 0 Å². The predicted octanol–water partition coefficient (Wildman–Crippen LogP) is 2.49. The Hall–Kier alpha value is -1.78. The van der Waals surface area contributed by atoms with Crippen LogP contribution in [0.3, 0.4) is 0 Å². The number of pyridine rings is 1. The van der Waals surface area contributed by atoms with Gasteiger partial charge in [0.05, 0.1) is 6.04 Å². The number of nitrogens with one attached hydrogen (secondary N) is 1. The van der Waals surface area contributed by atoms with Crippen LogP contribution < -0.4 is 10.2 Å². The largest absolute Gasteiger partial charge is 0.444 e. The monoisotopic (exact) mass is 277 g/mol. The van der Waals surface area contributed by atoms with E-state index < -0.39 is 5.60 Å². The minimum atomic E-state index is -0.454. The quantitative estimate of drug-likeness (QED) is 0.902. The Kier molecular flexibility index (Phi) is 4.16. The Balaban J connectivity index is 1.88. The Morgan fingerprint density at radius 1 is 1.50 bits per heavy atom. The lowest BCUT2D eigenvalue weighted by Gasteiger charge is -2.22. The van der Waals surface area contributed by atoms with Crippen LogP contribution in [-0.2, 0) is 4.74 Å². The molecule has 110 valence electrons. The SMILES string of the molecule is Cc1cc(N2CC[C@@H](NC(=O)OC(C)(C)C)C2)ccn1. The molecule has 0 radical (unpaired) electrons. The second kappa shape index (κ2) is 5.69. The van der Waals surface area contributed by atoms with Crippen molar-refractivity contribution in [2.75, 3.05) is 18.0 Å². The summed E-state index contributed by atoms with van der Waals surface area (Å²) >= 11 is 0. The average molecular weight is 277 g/mol. The molecule has 20 heavy (non-hydrogen) atoms. The number of hydrogen-bond donors (Lipinski definition) is 1. The summed E-state index contributed by atoms with van der Waals surface area (Å²) in [5, 5.41) is 2.93. The fourth-order valence-electron chi connectivity index (χ4n) is 2.31. The third kappa shape index (κ3) is 4.11. The third-order valence-electron chi connectivity index (χ3n) is 3.15. The zero-order valence-corrected chi connectivity index (χ0v) is 12.6. The van der Waals surface area contributed by atoms with Crippen LogP contribution in [0.15, 0.2) is 18.3 Å². The summed E-state index contributed by atoms with van der Waals surface area (Å²) in [5.41, 5.74) is 1.71. The summed E-state index contributed by atoms with van der Waals surface area (Å²) in [4.78, 5) is 18.2. The lowest BCUT2D eigenvalue weighted by molar-refractivity contribution is 0.0509. The Morgan fingerprint density at radius 2 is 2.25 bits per heavy atom. The molecule has 0 aromatic carbocycles. The molecule has 1 saturated heterocycles. The van der Waals surface area contributed by atoms with E-state index in [0.717, 1.165) is 30.9 Å². The predicted molar refractivity (Wildman–Crippen MR) is 79.0 cm³/mol. The zero-order valence-electron chi connectivity index (χ0n) is 12.6. The number of carbonyl (C=O) groups excluding carboxylic acids is 1. The molecule has 0 bridgehead atoms. The summed E-state index contributed by atoms with van der Waals surface area (Å²) < 4.78 is 5.28. The van der Waals surface area contributed by atoms with Crippen LogP contribution in [0, 0.1) is 6.92 Å². The fourth-order valence-corrected chi connectivity index (χ4v) is 2.31. The Labute approximate surface area is 120 Å². The molecule has 1 aromatic heterocycles. The summed E-state index contributed by atoms with van der Waals surface area (Å²) in [7, 11) is 0. The first-order valence-corrected chi connectivity index (χ1v) is 7.00. The topological polar surface area (TPSA) is 54.5 Å². The van der Waals surface area contributed by atoms with Gasteiger partial charge in [-0.2, -0.15) is 0 Å². The maximum Gasteiger partial charge on any atom is 0.407 e. The highest BCUT2D eigenvalue weighted by molar-refractivity contribution is 5.68. The van der Waals surface area contributed by atoms with Crippen molar-refractivity contribution in [1.29, 1.82) is 0 Å². The number of rotatable bonds is 2. The van der Waals surface area contributed by atoms with Crippen LogP contribution in [0.4, 0.5) is 10.5 Å². The van der Waals surface area contributed by atoms with E-state index in [2.05, 4.69) is 21.3 Å². The molecule has 0 unspecified atom stereocenters. The fraction of sp³-hybridized carbons (Fsp3) is 0.600. The van der Waals surface area contributed by atoms with E-state index in [0.29, 0.717) is 0 Å². The van der Waals surface area contributed by atoms with Crippen molar-refractivity contribution in [3.63, 3.8) is 0 Å². The Bertz CT molecular complexity index is 482. The van der Waals surface area contributed by atoms with E-state index in [9.17, 15) is 4.79 Å². The molecule has 1 atom stereocenters. The molecule has 0 aliphatic carbocycles. The second-order valence-corrected chi connectivity index (χ2v) is 6.23. The summed E-state index contributed by atoms with van der Waals surface area (Å²) in [6.45, 7) is 9.33. The molecule has 0 spiro atoms. The number of hydrogen-bond acceptors (Lipinski definition) is 4. The van der Waals surface area contributed by atoms with Gasteiger partial charge in [0.1, 0.15) is 5.60 Å². The Morgan fingerprint density at radius 3 is 2.90 bits per heavy atom. The summed E-state index contributed by atoms with van der Waals surface area (Å²) in [6.07, 6.45) is 2.41. The molecular weight excluding hydrogens is 254 g/mol. The van der Waals surface area contributed by atoms with E-state index in [-0.39, 0.29) is 12.1 Å². The maximum atomic E-state index is 11.8. The first-order chi connectivity index (χ1) is 9.33. The minimum absolute atomic E-state index is 0.137. The number of amides is 1. The van der Waals surface area contributed by atoms with Crippen molar-refractivity contribution in [2.45, 2.75) is 45.8 Å². The first-order valence-electron chi connectivity index (χ1n) is 7.00. The van der Waals surface area contributed by atoms with Gasteiger partial charge in [-0.15, -0.1) is 0 Å². The van der Waals surface area contributed by atoms with Gasteiger partial charge < -0.3 is 15.0 Å². The van der Waals surface area contributed by atoms with Gasteiger partial charge >= 0.3 is 6.09 Å². The number of ether oxygens (including phenoxy) is 1. The van der Waals surface area contributed by atoms with Crippen LogP contribution in [0.25, 0.3) is 0 Å². The number of aromatic nitrogens is 1. The normalized spacial score (nSPS) is 19.0. The minimum Gasteiger partial charge on any atom is -0.444 e. The van der Waals surface area contributed by atoms with E-state index in [1.807, 2.05) is 40.0 Å². The standard InChI is InChI=1S/C15H23N3O2/c1-11-9-13(5-7-16-11)18-8-6-12(10-18)17-14(19)20-15(2,3)4/h5,7,9,12H,6,8,10H2,1-4H3,(H,17,19)/t12-/m1/s1. The molecule has 5 heteroatoms. The van der Waals surface area contributed by atoms with Crippen LogP contribution in [-0.4, -0.2) is 35.8 Å². The number of nitrogens with zero attached hydrogens (tertiary/aromatic N) is 2. The van der Waals surface area contributed by atoms with E-state index in [1.165, 1.54) is 0 Å². The lowest BCUT2D eigenvalue weighted by atomic mass is 10.2. The number of carbonyl (C=O) groups is 1. The summed E-state index contributed by atoms with van der Waals surface area (Å²) in [6, 6.07) is 4.21. The van der Waals surface area contributed by atoms with Crippen molar-refractivity contribution < 1.29 is 9.53 Å². The molecular formula is C15H23N3O2. The maximum absolute atomic E-state index is 11.8. The van der Waals surface area contributed by atoms with Crippen LogP contribution in [0.2, 0.25) is 0 Å². The van der Waals surface area contributed by atoms with Crippen molar-refractivity contribution in [3.05, 3.63) is 24.0 Å². The van der Waals surface area contributed by atoms with Crippen molar-refractivity contribution >= 4 is 11.8 Å². The molecule has 1 fully saturated rings. The molecule has 2 rings (SSSR count). The highest BCUT2D eigenvalue weighted by atomic mass is 16.6. The zero-order chi connectivity index (χ0) is 14.8. The van der Waals surface area contributed by atoms with E-state index >= 15 is 0 Å². The molecule has 1 aromatic rings. The van der Waals surface area contributed by atoms with Crippen molar-refractivity contribution in [1.82, 2.24) is 10.3 Å². The van der Waals surface area contributed by atoms with Crippen LogP contribution in [0.5, 0.6) is 0 Å². The number of aryl methyl sites for hydroxylation is 1. The van der Waals surface area contributed by atoms with Crippen LogP contribution >= 0.6 is 0 Å². The second-order valence-electron chi connectivity index (χ2n) is 6.23. The van der Waals surface area contributed by atoms with Gasteiger partial charge in [-0.25, -0.2) is 4.79 Å². The van der Waals surface area contributed by atoms with Gasteiger partial charge in [-0.3, -0.25) is 4.98 Å². The average Bonchev–Trinajstić information content (AvgIpc) is 2.74. The molecule has 1 N–H and O–H groups in total. The molecule has 1 aliphatic heterocycles. The van der Waals surface area contributed by atoms with Crippen LogP contribution in [0.1, 0.15) is 32.9 Å². The molecule has 0 saturated carbocycles. The third-order valence-corrected chi connectivity index (χ3v) is 3.15. The molecule has 1 amide bonds. The van der Waals surface area contributed by atoms with E-state index in [1.54, 1.807) is 0 Å². The van der Waals surface area contributed by atoms with Gasteiger partial charge in [0, 0.05) is 30.7 Å². The van der Waals surface area contributed by atoms with Crippen molar-refractivity contribution in [2.24, 2.45) is 0 Å². The summed E-state index contributed by atoms with van der Waals surface area (Å²) in [5.74, 6) is 0. The highest BCUT2D eigenvalue weighted by Crippen LogP contribution is 2.20.